The first-order chi connectivity index (χ1) is 6.61. The average Bonchev–Trinajstić information content (AvgIpc) is 2.12. The van der Waals surface area contributed by atoms with E-state index in [0.29, 0.717) is 4.87 Å². The monoisotopic (exact) mass is 213 g/mol. The summed E-state index contributed by atoms with van der Waals surface area (Å²) in [5.41, 5.74) is 0. The summed E-state index contributed by atoms with van der Waals surface area (Å²) in [6.45, 7) is 7.17. The van der Waals surface area contributed by atoms with Gasteiger partial charge in [0.1, 0.15) is 0 Å². The Morgan fingerprint density at radius 3 is 2.57 bits per heavy atom. The van der Waals surface area contributed by atoms with Gasteiger partial charge in [-0.05, 0) is 50.2 Å². The van der Waals surface area contributed by atoms with E-state index in [2.05, 4.69) is 37.8 Å². The van der Waals surface area contributed by atoms with Crippen LogP contribution in [-0.4, -0.2) is 16.7 Å². The van der Waals surface area contributed by atoms with E-state index in [4.69, 9.17) is 0 Å². The molecule has 1 saturated carbocycles. The quantitative estimate of drug-likeness (QED) is 0.663. The van der Waals surface area contributed by atoms with Crippen LogP contribution in [0.15, 0.2) is 0 Å². The van der Waals surface area contributed by atoms with Crippen LogP contribution in [0.3, 0.4) is 0 Å². The Labute approximate surface area is 92.4 Å². The minimum atomic E-state index is 0.448. The zero-order valence-electron chi connectivity index (χ0n) is 9.68. The second-order valence-electron chi connectivity index (χ2n) is 5.37. The van der Waals surface area contributed by atoms with Crippen molar-refractivity contribution < 1.29 is 0 Å². The molecule has 0 bridgehead atoms. The van der Waals surface area contributed by atoms with Crippen molar-refractivity contribution in [2.24, 2.45) is 11.8 Å². The molecule has 2 rings (SSSR count). The van der Waals surface area contributed by atoms with Crippen LogP contribution in [0.4, 0.5) is 0 Å². The fourth-order valence-corrected chi connectivity index (χ4v) is 4.61. The van der Waals surface area contributed by atoms with E-state index in [1.165, 1.54) is 31.4 Å². The van der Waals surface area contributed by atoms with Gasteiger partial charge in [0.05, 0.1) is 4.87 Å². The molecule has 1 aliphatic carbocycles. The highest BCUT2D eigenvalue weighted by Crippen LogP contribution is 2.45. The van der Waals surface area contributed by atoms with E-state index in [1.54, 1.807) is 0 Å². The van der Waals surface area contributed by atoms with E-state index in [-0.39, 0.29) is 0 Å². The first kappa shape index (κ1) is 10.8. The fraction of sp³-hybridized carbons (Fsp3) is 1.00. The van der Waals surface area contributed by atoms with Gasteiger partial charge in [-0.1, -0.05) is 13.8 Å². The van der Waals surface area contributed by atoms with Gasteiger partial charge in [-0.3, -0.25) is 0 Å². The van der Waals surface area contributed by atoms with Crippen molar-refractivity contribution >= 4 is 11.8 Å². The Hall–Kier alpha value is 0.310. The molecule has 2 heteroatoms. The van der Waals surface area contributed by atoms with Crippen molar-refractivity contribution in [3.05, 3.63) is 0 Å². The maximum absolute atomic E-state index is 3.85. The molecule has 0 aromatic carbocycles. The predicted octanol–water partition coefficient (Wildman–Crippen LogP) is 3.25. The van der Waals surface area contributed by atoms with Crippen LogP contribution < -0.4 is 5.32 Å². The SMILES string of the molecule is CC1CCSC2(CCC(C)C(C)C2)N1. The van der Waals surface area contributed by atoms with Gasteiger partial charge in [0, 0.05) is 6.04 Å². The summed E-state index contributed by atoms with van der Waals surface area (Å²) >= 11 is 2.18. The standard InChI is InChI=1S/C12H23NS/c1-9-4-6-12(8-10(9)2)13-11(3)5-7-14-12/h9-11,13H,4-8H2,1-3H3. The van der Waals surface area contributed by atoms with Gasteiger partial charge < -0.3 is 5.32 Å². The summed E-state index contributed by atoms with van der Waals surface area (Å²) in [4.78, 5) is 0.448. The summed E-state index contributed by atoms with van der Waals surface area (Å²) in [6.07, 6.45) is 5.51. The normalized spacial score (nSPS) is 49.5. The molecule has 2 aliphatic rings. The number of hydrogen-bond donors (Lipinski definition) is 1. The van der Waals surface area contributed by atoms with Crippen LogP contribution in [0.25, 0.3) is 0 Å². The number of rotatable bonds is 0. The molecule has 1 N–H and O–H groups in total. The molecule has 1 aliphatic heterocycles. The third-order valence-electron chi connectivity index (χ3n) is 4.07. The zero-order valence-corrected chi connectivity index (χ0v) is 10.5. The molecule has 1 heterocycles. The van der Waals surface area contributed by atoms with Crippen LogP contribution in [-0.2, 0) is 0 Å². The molecule has 0 radical (unpaired) electrons. The Morgan fingerprint density at radius 2 is 1.93 bits per heavy atom. The van der Waals surface area contributed by atoms with Gasteiger partial charge in [0.25, 0.3) is 0 Å². The van der Waals surface area contributed by atoms with Gasteiger partial charge in [-0.2, -0.15) is 0 Å². The van der Waals surface area contributed by atoms with Crippen molar-refractivity contribution in [3.63, 3.8) is 0 Å². The van der Waals surface area contributed by atoms with Crippen molar-refractivity contribution in [2.75, 3.05) is 5.75 Å². The summed E-state index contributed by atoms with van der Waals surface area (Å²) < 4.78 is 0. The Kier molecular flexibility index (Phi) is 3.13. The average molecular weight is 213 g/mol. The van der Waals surface area contributed by atoms with E-state index in [9.17, 15) is 0 Å². The zero-order chi connectivity index (χ0) is 10.2. The maximum atomic E-state index is 3.85. The number of thioether (sulfide) groups is 1. The predicted molar refractivity (Wildman–Crippen MR) is 64.6 cm³/mol. The first-order valence-electron chi connectivity index (χ1n) is 6.03. The van der Waals surface area contributed by atoms with Crippen LogP contribution in [0.5, 0.6) is 0 Å². The van der Waals surface area contributed by atoms with E-state index >= 15 is 0 Å². The Bertz CT molecular complexity index is 206. The highest BCUT2D eigenvalue weighted by molar-refractivity contribution is 8.00. The molecular formula is C12H23NS. The van der Waals surface area contributed by atoms with Gasteiger partial charge in [0.2, 0.25) is 0 Å². The Morgan fingerprint density at radius 1 is 1.14 bits per heavy atom. The molecule has 4 atom stereocenters. The Balaban J connectivity index is 2.01. The molecular weight excluding hydrogens is 190 g/mol. The van der Waals surface area contributed by atoms with E-state index in [0.717, 1.165) is 17.9 Å². The summed E-state index contributed by atoms with van der Waals surface area (Å²) in [6, 6.07) is 0.733. The molecule has 14 heavy (non-hydrogen) atoms. The highest BCUT2D eigenvalue weighted by atomic mass is 32.2. The first-order valence-corrected chi connectivity index (χ1v) is 7.01. The third kappa shape index (κ3) is 2.11. The smallest absolute Gasteiger partial charge is 0.0650 e. The van der Waals surface area contributed by atoms with Crippen molar-refractivity contribution in [2.45, 2.75) is 57.4 Å². The molecule has 2 fully saturated rings. The van der Waals surface area contributed by atoms with Gasteiger partial charge in [-0.25, -0.2) is 0 Å². The lowest BCUT2D eigenvalue weighted by Crippen LogP contribution is -2.53. The van der Waals surface area contributed by atoms with Crippen LogP contribution in [0.2, 0.25) is 0 Å². The van der Waals surface area contributed by atoms with Crippen molar-refractivity contribution in [3.8, 4) is 0 Å². The van der Waals surface area contributed by atoms with Gasteiger partial charge in [-0.15, -0.1) is 11.8 Å². The largest absolute Gasteiger partial charge is 0.300 e. The second-order valence-corrected chi connectivity index (χ2v) is 6.85. The molecule has 82 valence electrons. The minimum absolute atomic E-state index is 0.448. The number of nitrogens with one attached hydrogen (secondary N) is 1. The fourth-order valence-electron chi connectivity index (χ4n) is 2.82. The van der Waals surface area contributed by atoms with E-state index in [1.807, 2.05) is 0 Å². The van der Waals surface area contributed by atoms with Gasteiger partial charge >= 0.3 is 0 Å². The molecule has 0 aromatic rings. The summed E-state index contributed by atoms with van der Waals surface area (Å²) in [7, 11) is 0. The van der Waals surface area contributed by atoms with Gasteiger partial charge in [0.15, 0.2) is 0 Å². The lowest BCUT2D eigenvalue weighted by atomic mass is 9.78. The molecule has 0 amide bonds. The maximum Gasteiger partial charge on any atom is 0.0650 e. The number of hydrogen-bond acceptors (Lipinski definition) is 2. The molecule has 1 spiro atoms. The third-order valence-corrected chi connectivity index (χ3v) is 5.55. The van der Waals surface area contributed by atoms with E-state index < -0.39 is 0 Å². The summed E-state index contributed by atoms with van der Waals surface area (Å²) in [5, 5.41) is 3.85. The lowest BCUT2D eigenvalue weighted by Gasteiger charge is -2.47. The van der Waals surface area contributed by atoms with Crippen LogP contribution >= 0.6 is 11.8 Å². The molecule has 1 nitrogen and oxygen atoms in total. The summed E-state index contributed by atoms with van der Waals surface area (Å²) in [5.74, 6) is 3.18. The molecule has 0 aromatic heterocycles. The lowest BCUT2D eigenvalue weighted by molar-refractivity contribution is 0.191. The molecule has 4 unspecified atom stereocenters. The highest BCUT2D eigenvalue weighted by Gasteiger charge is 2.40. The van der Waals surface area contributed by atoms with Crippen LogP contribution in [0.1, 0.15) is 46.5 Å². The van der Waals surface area contributed by atoms with Crippen molar-refractivity contribution in [1.82, 2.24) is 5.32 Å². The topological polar surface area (TPSA) is 12.0 Å². The second kappa shape index (κ2) is 4.05. The minimum Gasteiger partial charge on any atom is -0.300 e. The van der Waals surface area contributed by atoms with Crippen molar-refractivity contribution in [1.29, 1.82) is 0 Å². The molecule has 1 saturated heterocycles. The van der Waals surface area contributed by atoms with Crippen LogP contribution in [0, 0.1) is 11.8 Å².